The van der Waals surface area contributed by atoms with Crippen molar-refractivity contribution in [3.63, 3.8) is 0 Å². The molecule has 0 saturated carbocycles. The molecular weight excluding hydrogens is 358 g/mol. The van der Waals surface area contributed by atoms with Crippen LogP contribution in [0, 0.1) is 12.3 Å². The van der Waals surface area contributed by atoms with Crippen molar-refractivity contribution in [1.29, 1.82) is 0 Å². The molecule has 154 valence electrons. The second kappa shape index (κ2) is 9.25. The number of carbonyl (C=O) groups is 1. The molecule has 0 atom stereocenters. The number of para-hydroxylation sites is 2. The molecule has 1 heterocycles. The molecule has 1 aromatic heterocycles. The lowest BCUT2D eigenvalue weighted by atomic mass is 9.96. The second-order valence-electron chi connectivity index (χ2n) is 8.85. The van der Waals surface area contributed by atoms with Gasteiger partial charge in [-0.1, -0.05) is 63.6 Å². The summed E-state index contributed by atoms with van der Waals surface area (Å²) >= 11 is 0. The van der Waals surface area contributed by atoms with E-state index in [4.69, 9.17) is 4.98 Å². The summed E-state index contributed by atoms with van der Waals surface area (Å²) in [6.07, 6.45) is 4.11. The van der Waals surface area contributed by atoms with Gasteiger partial charge in [-0.3, -0.25) is 4.79 Å². The zero-order chi connectivity index (χ0) is 20.9. The van der Waals surface area contributed by atoms with Crippen molar-refractivity contribution in [3.8, 4) is 0 Å². The van der Waals surface area contributed by atoms with Crippen LogP contribution in [0.5, 0.6) is 0 Å². The number of amides is 1. The Labute approximate surface area is 174 Å². The van der Waals surface area contributed by atoms with Crippen LogP contribution in [-0.2, 0) is 17.8 Å². The molecule has 0 unspecified atom stereocenters. The van der Waals surface area contributed by atoms with Crippen molar-refractivity contribution in [2.75, 3.05) is 6.54 Å². The zero-order valence-corrected chi connectivity index (χ0v) is 18.2. The highest BCUT2D eigenvalue weighted by Crippen LogP contribution is 2.21. The van der Waals surface area contributed by atoms with Gasteiger partial charge >= 0.3 is 0 Å². The third-order valence-electron chi connectivity index (χ3n) is 5.37. The van der Waals surface area contributed by atoms with E-state index in [-0.39, 0.29) is 11.3 Å². The average molecular weight is 392 g/mol. The Bertz CT molecular complexity index is 966. The zero-order valence-electron chi connectivity index (χ0n) is 18.2. The lowest BCUT2D eigenvalue weighted by molar-refractivity contribution is -0.128. The first kappa shape index (κ1) is 21.1. The standard InChI is InChI=1S/C25H33N3O/c1-19-12-7-8-13-20(19)18-28-22-15-10-9-14-21(22)27-23(28)16-6-5-11-17-26-24(29)25(2,3)4/h7-10,12-15H,5-6,11,16-18H2,1-4H3,(H,26,29). The van der Waals surface area contributed by atoms with Crippen molar-refractivity contribution in [2.45, 2.75) is 59.9 Å². The van der Waals surface area contributed by atoms with E-state index in [9.17, 15) is 4.79 Å². The highest BCUT2D eigenvalue weighted by Gasteiger charge is 2.20. The molecule has 0 spiro atoms. The molecule has 0 bridgehead atoms. The van der Waals surface area contributed by atoms with Crippen LogP contribution in [0.4, 0.5) is 0 Å². The van der Waals surface area contributed by atoms with Crippen LogP contribution in [0.15, 0.2) is 48.5 Å². The van der Waals surface area contributed by atoms with Crippen molar-refractivity contribution in [2.24, 2.45) is 5.41 Å². The Hall–Kier alpha value is -2.62. The number of nitrogens with one attached hydrogen (secondary N) is 1. The number of aromatic nitrogens is 2. The van der Waals surface area contributed by atoms with Crippen LogP contribution in [0.25, 0.3) is 11.0 Å². The van der Waals surface area contributed by atoms with E-state index in [0.717, 1.165) is 50.1 Å². The quantitative estimate of drug-likeness (QED) is 0.532. The molecule has 2 aromatic carbocycles. The minimum Gasteiger partial charge on any atom is -0.356 e. The van der Waals surface area contributed by atoms with Crippen LogP contribution in [0.2, 0.25) is 0 Å². The van der Waals surface area contributed by atoms with Gasteiger partial charge < -0.3 is 9.88 Å². The summed E-state index contributed by atoms with van der Waals surface area (Å²) < 4.78 is 2.36. The van der Waals surface area contributed by atoms with Crippen LogP contribution < -0.4 is 5.32 Å². The van der Waals surface area contributed by atoms with Gasteiger partial charge in [0.05, 0.1) is 11.0 Å². The monoisotopic (exact) mass is 391 g/mol. The molecule has 4 nitrogen and oxygen atoms in total. The molecule has 4 heteroatoms. The number of fused-ring (bicyclic) bond motifs is 1. The predicted octanol–water partition coefficient (Wildman–Crippen LogP) is 5.27. The average Bonchev–Trinajstić information content (AvgIpc) is 3.03. The van der Waals surface area contributed by atoms with Gasteiger partial charge in [0.25, 0.3) is 0 Å². The van der Waals surface area contributed by atoms with Crippen LogP contribution in [0.1, 0.15) is 57.0 Å². The number of rotatable bonds is 8. The van der Waals surface area contributed by atoms with Crippen molar-refractivity contribution >= 4 is 16.9 Å². The Balaban J connectivity index is 1.62. The van der Waals surface area contributed by atoms with E-state index in [0.29, 0.717) is 0 Å². The number of hydrogen-bond donors (Lipinski definition) is 1. The van der Waals surface area contributed by atoms with E-state index in [1.165, 1.54) is 16.6 Å². The Kier molecular flexibility index (Phi) is 6.73. The van der Waals surface area contributed by atoms with Gasteiger partial charge in [-0.2, -0.15) is 0 Å². The van der Waals surface area contributed by atoms with Gasteiger partial charge in [0.15, 0.2) is 0 Å². The van der Waals surface area contributed by atoms with Gasteiger partial charge in [0, 0.05) is 24.9 Å². The number of hydrogen-bond acceptors (Lipinski definition) is 2. The number of benzene rings is 2. The van der Waals surface area contributed by atoms with Gasteiger partial charge in [0.2, 0.25) is 5.91 Å². The summed E-state index contributed by atoms with van der Waals surface area (Å²) in [7, 11) is 0. The van der Waals surface area contributed by atoms with Crippen LogP contribution in [0.3, 0.4) is 0 Å². The Morgan fingerprint density at radius 2 is 1.72 bits per heavy atom. The van der Waals surface area contributed by atoms with E-state index in [2.05, 4.69) is 65.3 Å². The van der Waals surface area contributed by atoms with Crippen LogP contribution >= 0.6 is 0 Å². The molecule has 3 rings (SSSR count). The smallest absolute Gasteiger partial charge is 0.225 e. The first-order chi connectivity index (χ1) is 13.9. The molecule has 0 aliphatic heterocycles. The van der Waals surface area contributed by atoms with Gasteiger partial charge in [-0.15, -0.1) is 0 Å². The summed E-state index contributed by atoms with van der Waals surface area (Å²) in [4.78, 5) is 16.8. The summed E-state index contributed by atoms with van der Waals surface area (Å²) in [5.74, 6) is 1.27. The second-order valence-corrected chi connectivity index (χ2v) is 8.85. The largest absolute Gasteiger partial charge is 0.356 e. The lowest BCUT2D eigenvalue weighted by Crippen LogP contribution is -2.35. The van der Waals surface area contributed by atoms with Gasteiger partial charge in [-0.05, 0) is 43.0 Å². The normalized spacial score (nSPS) is 11.7. The maximum atomic E-state index is 11.9. The summed E-state index contributed by atoms with van der Waals surface area (Å²) in [5.41, 5.74) is 4.59. The maximum Gasteiger partial charge on any atom is 0.225 e. The highest BCUT2D eigenvalue weighted by atomic mass is 16.2. The highest BCUT2D eigenvalue weighted by molar-refractivity contribution is 5.81. The van der Waals surface area contributed by atoms with E-state index < -0.39 is 0 Å². The number of aryl methyl sites for hydroxylation is 2. The molecule has 0 radical (unpaired) electrons. The molecule has 0 saturated heterocycles. The lowest BCUT2D eigenvalue weighted by Gasteiger charge is -2.17. The number of nitrogens with zero attached hydrogens (tertiary/aromatic N) is 2. The molecule has 29 heavy (non-hydrogen) atoms. The number of carbonyl (C=O) groups excluding carboxylic acids is 1. The fourth-order valence-electron chi connectivity index (χ4n) is 3.50. The molecule has 1 amide bonds. The minimum atomic E-state index is -0.319. The number of unbranched alkanes of at least 4 members (excludes halogenated alkanes) is 2. The maximum absolute atomic E-state index is 11.9. The van der Waals surface area contributed by atoms with Gasteiger partial charge in [-0.25, -0.2) is 4.98 Å². The topological polar surface area (TPSA) is 46.9 Å². The summed E-state index contributed by atoms with van der Waals surface area (Å²) in [6.45, 7) is 9.60. The van der Waals surface area contributed by atoms with Crippen molar-refractivity contribution in [1.82, 2.24) is 14.9 Å². The van der Waals surface area contributed by atoms with E-state index >= 15 is 0 Å². The van der Waals surface area contributed by atoms with E-state index in [1.807, 2.05) is 20.8 Å². The molecular formula is C25H33N3O. The molecule has 0 aliphatic rings. The molecule has 3 aromatic rings. The molecule has 0 fully saturated rings. The SMILES string of the molecule is Cc1ccccc1Cn1c(CCCCCNC(=O)C(C)(C)C)nc2ccccc21. The summed E-state index contributed by atoms with van der Waals surface area (Å²) in [5, 5.41) is 3.03. The predicted molar refractivity (Wildman–Crippen MR) is 120 cm³/mol. The van der Waals surface area contributed by atoms with Crippen molar-refractivity contribution in [3.05, 3.63) is 65.5 Å². The fraction of sp³-hybridized carbons (Fsp3) is 0.440. The third kappa shape index (κ3) is 5.47. The number of imidazole rings is 1. The molecule has 0 aliphatic carbocycles. The van der Waals surface area contributed by atoms with E-state index in [1.54, 1.807) is 0 Å². The Morgan fingerprint density at radius 1 is 1.00 bits per heavy atom. The van der Waals surface area contributed by atoms with Crippen molar-refractivity contribution < 1.29 is 4.79 Å². The van der Waals surface area contributed by atoms with Gasteiger partial charge in [0.1, 0.15) is 5.82 Å². The third-order valence-corrected chi connectivity index (χ3v) is 5.37. The van der Waals surface area contributed by atoms with Crippen LogP contribution in [-0.4, -0.2) is 22.0 Å². The summed E-state index contributed by atoms with van der Waals surface area (Å²) in [6, 6.07) is 16.9. The minimum absolute atomic E-state index is 0.123. The fourth-order valence-corrected chi connectivity index (χ4v) is 3.50. The first-order valence-electron chi connectivity index (χ1n) is 10.6. The molecule has 1 N–H and O–H groups in total. The first-order valence-corrected chi connectivity index (χ1v) is 10.6. The Morgan fingerprint density at radius 3 is 2.48 bits per heavy atom.